The Balaban J connectivity index is 1.76. The predicted molar refractivity (Wildman–Crippen MR) is 107 cm³/mol. The number of esters is 2. The van der Waals surface area contributed by atoms with E-state index < -0.39 is 0 Å². The van der Waals surface area contributed by atoms with Crippen LogP contribution in [0, 0.1) is 6.92 Å². The second kappa shape index (κ2) is 8.43. The fourth-order valence-corrected chi connectivity index (χ4v) is 2.90. The molecule has 2 aromatic carbocycles. The topological polar surface area (TPSA) is 69.6 Å². The highest BCUT2D eigenvalue weighted by atomic mass is 16.5. The summed E-state index contributed by atoms with van der Waals surface area (Å²) in [6.07, 6.45) is 0.697. The first-order chi connectivity index (χ1) is 13.5. The molecule has 1 aromatic heterocycles. The van der Waals surface area contributed by atoms with Crippen molar-refractivity contribution >= 4 is 17.6 Å². The van der Waals surface area contributed by atoms with Crippen LogP contribution in [0.1, 0.15) is 37.7 Å². The van der Waals surface area contributed by atoms with Crippen molar-refractivity contribution in [2.45, 2.75) is 13.3 Å². The van der Waals surface area contributed by atoms with Crippen LogP contribution in [0.3, 0.4) is 0 Å². The highest BCUT2D eigenvalue weighted by Gasteiger charge is 2.10. The molecule has 6 heteroatoms. The van der Waals surface area contributed by atoms with Crippen LogP contribution in [0.5, 0.6) is 0 Å². The number of anilines is 1. The van der Waals surface area contributed by atoms with Crippen molar-refractivity contribution in [1.82, 2.24) is 4.68 Å². The van der Waals surface area contributed by atoms with Gasteiger partial charge in [-0.1, -0.05) is 12.1 Å². The third-order valence-electron chi connectivity index (χ3n) is 4.46. The van der Waals surface area contributed by atoms with Gasteiger partial charge in [0.15, 0.2) is 0 Å². The molecule has 0 unspecified atom stereocenters. The maximum Gasteiger partial charge on any atom is 0.337 e. The minimum atomic E-state index is -0.361. The molecule has 3 rings (SSSR count). The van der Waals surface area contributed by atoms with Crippen LogP contribution in [-0.2, 0) is 15.9 Å². The molecule has 0 aliphatic rings. The van der Waals surface area contributed by atoms with Gasteiger partial charge in [0, 0.05) is 17.8 Å². The lowest BCUT2D eigenvalue weighted by molar-refractivity contribution is 0.0592. The Hall–Kier alpha value is -3.54. The third-order valence-corrected chi connectivity index (χ3v) is 4.46. The van der Waals surface area contributed by atoms with Gasteiger partial charge in [0.05, 0.1) is 31.0 Å². The van der Waals surface area contributed by atoms with Crippen LogP contribution < -0.4 is 5.43 Å². The van der Waals surface area contributed by atoms with Crippen molar-refractivity contribution in [3.63, 3.8) is 0 Å². The number of methoxy groups -OCH3 is 2. The second-order valence-corrected chi connectivity index (χ2v) is 6.35. The molecule has 0 aliphatic carbocycles. The molecular weight excluding hydrogens is 356 g/mol. The summed E-state index contributed by atoms with van der Waals surface area (Å²) in [6.45, 7) is 2.01. The van der Waals surface area contributed by atoms with Crippen LogP contribution in [0.2, 0.25) is 0 Å². The first-order valence-electron chi connectivity index (χ1n) is 8.81. The van der Waals surface area contributed by atoms with E-state index in [-0.39, 0.29) is 11.9 Å². The largest absolute Gasteiger partial charge is 0.465 e. The maximum absolute atomic E-state index is 11.6. The van der Waals surface area contributed by atoms with E-state index in [1.165, 1.54) is 14.2 Å². The Kier molecular flexibility index (Phi) is 5.79. The summed E-state index contributed by atoms with van der Waals surface area (Å²) in [5, 5.41) is 0. The molecule has 0 atom stereocenters. The Morgan fingerprint density at radius 3 is 1.89 bits per heavy atom. The van der Waals surface area contributed by atoms with E-state index in [9.17, 15) is 9.59 Å². The number of ether oxygens (including phenoxy) is 2. The van der Waals surface area contributed by atoms with Crippen LogP contribution in [0.25, 0.3) is 0 Å². The van der Waals surface area contributed by atoms with Gasteiger partial charge in [0.25, 0.3) is 0 Å². The fraction of sp³-hybridized carbons (Fsp3) is 0.182. The van der Waals surface area contributed by atoms with Gasteiger partial charge in [-0.15, -0.1) is 0 Å². The molecular formula is C22H22N2O4. The number of nitrogens with zero attached hydrogens (tertiary/aromatic N) is 1. The van der Waals surface area contributed by atoms with Crippen molar-refractivity contribution in [2.24, 2.45) is 0 Å². The monoisotopic (exact) mass is 378 g/mol. The first-order valence-corrected chi connectivity index (χ1v) is 8.81. The van der Waals surface area contributed by atoms with Crippen LogP contribution in [0.15, 0.2) is 60.7 Å². The third kappa shape index (κ3) is 4.23. The van der Waals surface area contributed by atoms with Crippen molar-refractivity contribution in [2.75, 3.05) is 19.6 Å². The number of carbonyl (C=O) groups excluding carboxylic acids is 2. The lowest BCUT2D eigenvalue weighted by Crippen LogP contribution is -2.14. The molecule has 144 valence electrons. The van der Waals surface area contributed by atoms with Gasteiger partial charge >= 0.3 is 11.9 Å². The van der Waals surface area contributed by atoms with Gasteiger partial charge in [-0.25, -0.2) is 9.59 Å². The quantitative estimate of drug-likeness (QED) is 0.660. The summed E-state index contributed by atoms with van der Waals surface area (Å²) in [7, 11) is 2.73. The fourth-order valence-electron chi connectivity index (χ4n) is 2.90. The predicted octanol–water partition coefficient (Wildman–Crippen LogP) is 3.84. The number of hydrogen-bond donors (Lipinski definition) is 1. The summed E-state index contributed by atoms with van der Waals surface area (Å²) in [5.41, 5.74) is 8.44. The molecule has 3 aromatic rings. The Morgan fingerprint density at radius 1 is 0.821 bits per heavy atom. The normalized spacial score (nSPS) is 10.4. The van der Waals surface area contributed by atoms with Crippen molar-refractivity contribution in [3.05, 3.63) is 88.7 Å². The minimum Gasteiger partial charge on any atom is -0.465 e. The van der Waals surface area contributed by atoms with Crippen molar-refractivity contribution < 1.29 is 19.1 Å². The number of aryl methyl sites for hydroxylation is 1. The molecule has 1 N–H and O–H groups in total. The number of aromatic nitrogens is 1. The Bertz CT molecular complexity index is 973. The molecule has 6 nitrogen and oxygen atoms in total. The minimum absolute atomic E-state index is 0.345. The van der Waals surface area contributed by atoms with E-state index in [0.717, 1.165) is 22.6 Å². The lowest BCUT2D eigenvalue weighted by atomic mass is 10.1. The highest BCUT2D eigenvalue weighted by molar-refractivity contribution is 5.90. The molecule has 1 heterocycles. The van der Waals surface area contributed by atoms with Crippen molar-refractivity contribution in [1.29, 1.82) is 0 Å². The zero-order valence-electron chi connectivity index (χ0n) is 16.1. The lowest BCUT2D eigenvalue weighted by Gasteiger charge is -2.15. The van der Waals surface area contributed by atoms with Crippen LogP contribution >= 0.6 is 0 Å². The molecule has 0 saturated heterocycles. The maximum atomic E-state index is 11.6. The van der Waals surface area contributed by atoms with E-state index in [1.807, 2.05) is 41.9 Å². The van der Waals surface area contributed by atoms with E-state index in [2.05, 4.69) is 11.5 Å². The Morgan fingerprint density at radius 2 is 1.36 bits per heavy atom. The summed E-state index contributed by atoms with van der Waals surface area (Å²) >= 11 is 0. The smallest absolute Gasteiger partial charge is 0.337 e. The molecule has 28 heavy (non-hydrogen) atoms. The summed E-state index contributed by atoms with van der Waals surface area (Å²) in [4.78, 5) is 23.1. The summed E-state index contributed by atoms with van der Waals surface area (Å²) in [5.74, 6) is -0.706. The molecule has 0 spiro atoms. The van der Waals surface area contributed by atoms with Gasteiger partial charge in [0.1, 0.15) is 0 Å². The van der Waals surface area contributed by atoms with E-state index in [1.54, 1.807) is 24.3 Å². The van der Waals surface area contributed by atoms with Gasteiger partial charge in [-0.05, 0) is 61.0 Å². The molecule has 0 aliphatic heterocycles. The van der Waals surface area contributed by atoms with Crippen LogP contribution in [0.4, 0.5) is 5.69 Å². The number of benzene rings is 2. The molecule has 0 fully saturated rings. The second-order valence-electron chi connectivity index (χ2n) is 6.35. The van der Waals surface area contributed by atoms with Crippen LogP contribution in [-0.4, -0.2) is 30.8 Å². The highest BCUT2D eigenvalue weighted by Crippen LogP contribution is 2.17. The summed E-state index contributed by atoms with van der Waals surface area (Å²) < 4.78 is 11.5. The van der Waals surface area contributed by atoms with E-state index in [0.29, 0.717) is 17.5 Å². The first kappa shape index (κ1) is 19.2. The van der Waals surface area contributed by atoms with E-state index in [4.69, 9.17) is 9.47 Å². The summed E-state index contributed by atoms with van der Waals surface area (Å²) in [6, 6.07) is 18.6. The van der Waals surface area contributed by atoms with Gasteiger partial charge < -0.3 is 9.47 Å². The average molecular weight is 378 g/mol. The number of rotatable bonds is 6. The van der Waals surface area contributed by atoms with Crippen molar-refractivity contribution in [3.8, 4) is 0 Å². The zero-order chi connectivity index (χ0) is 20.1. The van der Waals surface area contributed by atoms with Gasteiger partial charge in [-0.3, -0.25) is 10.1 Å². The van der Waals surface area contributed by atoms with Gasteiger partial charge in [0.2, 0.25) is 0 Å². The van der Waals surface area contributed by atoms with E-state index >= 15 is 0 Å². The SMILES string of the molecule is COC(=O)c1ccc(Cc2ccc(C)n2Nc2ccc(C(=O)OC)cc2)cc1. The standard InChI is InChI=1S/C22H22N2O4/c1-15-4-13-20(14-16-5-7-17(8-6-16)21(25)27-2)24(15)23-19-11-9-18(10-12-19)22(26)28-3/h4-13,23H,14H2,1-3H3. The average Bonchev–Trinajstić information content (AvgIpc) is 3.07. The molecule has 0 radical (unpaired) electrons. The van der Waals surface area contributed by atoms with Gasteiger partial charge in [-0.2, -0.15) is 0 Å². The number of nitrogens with one attached hydrogen (secondary N) is 1. The zero-order valence-corrected chi connectivity index (χ0v) is 16.1. The Labute approximate surface area is 163 Å². The number of carbonyl (C=O) groups is 2. The molecule has 0 amide bonds. The molecule has 0 bridgehead atoms. The number of hydrogen-bond acceptors (Lipinski definition) is 5. The molecule has 0 saturated carbocycles.